The third-order valence-electron chi connectivity index (χ3n) is 3.67. The number of ether oxygens (including phenoxy) is 1. The summed E-state index contributed by atoms with van der Waals surface area (Å²) in [7, 11) is 1.63. The Morgan fingerprint density at radius 2 is 1.71 bits per heavy atom. The van der Waals surface area contributed by atoms with Crippen molar-refractivity contribution in [3.05, 3.63) is 72.3 Å². The molecule has 0 spiro atoms. The molecular weight excluding hydrogens is 413 g/mol. The van der Waals surface area contributed by atoms with Gasteiger partial charge in [0.2, 0.25) is 0 Å². The zero-order valence-electron chi connectivity index (χ0n) is 13.4. The number of rotatable bonds is 4. The zero-order valence-corrected chi connectivity index (χ0v) is 15.7. The summed E-state index contributed by atoms with van der Waals surface area (Å²) >= 11 is 0. The van der Waals surface area contributed by atoms with Gasteiger partial charge in [0.05, 0.1) is 19.3 Å². The molecule has 0 aliphatic heterocycles. The molecule has 0 aromatic heterocycles. The van der Waals surface area contributed by atoms with Crippen molar-refractivity contribution in [2.24, 2.45) is 10.7 Å². The lowest BCUT2D eigenvalue weighted by atomic mass is 10.1. The Bertz CT molecular complexity index is 843. The lowest BCUT2D eigenvalue weighted by molar-refractivity contribution is 0.417. The Labute approximate surface area is 158 Å². The van der Waals surface area contributed by atoms with E-state index in [2.05, 4.69) is 34.6 Å². The van der Waals surface area contributed by atoms with Gasteiger partial charge in [0.15, 0.2) is 5.96 Å². The maximum atomic E-state index is 6.00. The maximum absolute atomic E-state index is 6.00. The minimum Gasteiger partial charge on any atom is -0.495 e. The first-order chi connectivity index (χ1) is 11.3. The molecule has 0 amide bonds. The Morgan fingerprint density at radius 3 is 2.54 bits per heavy atom. The van der Waals surface area contributed by atoms with E-state index in [4.69, 9.17) is 10.5 Å². The molecule has 0 atom stereocenters. The number of fused-ring (bicyclic) bond motifs is 1. The number of nitrogens with zero attached hydrogens (tertiary/aromatic N) is 1. The number of halogens is 1. The van der Waals surface area contributed by atoms with Gasteiger partial charge in [-0.25, -0.2) is 4.99 Å². The van der Waals surface area contributed by atoms with E-state index in [0.717, 1.165) is 17.0 Å². The largest absolute Gasteiger partial charge is 0.495 e. The standard InChI is InChI=1S/C19H19N3O.HI/c1-23-18-12-5-4-11-17(18)22-19(20)21-13-15-9-6-8-14-7-2-3-10-16(14)15;/h2-12H,13H2,1H3,(H3,20,21,22);1H. The molecule has 0 aliphatic rings. The second-order valence-corrected chi connectivity index (χ2v) is 5.17. The lowest BCUT2D eigenvalue weighted by Crippen LogP contribution is -2.22. The zero-order chi connectivity index (χ0) is 16.1. The van der Waals surface area contributed by atoms with Gasteiger partial charge in [0.25, 0.3) is 0 Å². The van der Waals surface area contributed by atoms with Crippen LogP contribution >= 0.6 is 24.0 Å². The molecule has 5 heteroatoms. The van der Waals surface area contributed by atoms with Crippen molar-refractivity contribution in [2.75, 3.05) is 12.4 Å². The number of guanidine groups is 1. The summed E-state index contributed by atoms with van der Waals surface area (Å²) in [4.78, 5) is 4.44. The van der Waals surface area contributed by atoms with Gasteiger partial charge in [-0.2, -0.15) is 0 Å². The summed E-state index contributed by atoms with van der Waals surface area (Å²) < 4.78 is 5.29. The van der Waals surface area contributed by atoms with E-state index in [9.17, 15) is 0 Å². The quantitative estimate of drug-likeness (QED) is 0.365. The van der Waals surface area contributed by atoms with Crippen LogP contribution in [0.1, 0.15) is 5.56 Å². The highest BCUT2D eigenvalue weighted by atomic mass is 127. The number of hydrogen-bond acceptors (Lipinski definition) is 2. The minimum absolute atomic E-state index is 0. The third-order valence-corrected chi connectivity index (χ3v) is 3.67. The molecule has 0 bridgehead atoms. The Kier molecular flexibility index (Phi) is 6.43. The van der Waals surface area contributed by atoms with E-state index >= 15 is 0 Å². The number of nitrogens with two attached hydrogens (primary N) is 1. The van der Waals surface area contributed by atoms with Crippen LogP contribution in [0.4, 0.5) is 5.69 Å². The fraction of sp³-hybridized carbons (Fsp3) is 0.105. The van der Waals surface area contributed by atoms with Crippen molar-refractivity contribution in [2.45, 2.75) is 6.54 Å². The van der Waals surface area contributed by atoms with Gasteiger partial charge in [0.1, 0.15) is 5.75 Å². The van der Waals surface area contributed by atoms with E-state index in [0.29, 0.717) is 12.5 Å². The number of methoxy groups -OCH3 is 1. The van der Waals surface area contributed by atoms with Crippen LogP contribution in [0, 0.1) is 0 Å². The molecule has 3 N–H and O–H groups in total. The SMILES string of the molecule is COc1ccccc1NC(N)=NCc1cccc2ccccc12.I. The van der Waals surface area contributed by atoms with Crippen LogP contribution in [-0.4, -0.2) is 13.1 Å². The second-order valence-electron chi connectivity index (χ2n) is 5.17. The monoisotopic (exact) mass is 433 g/mol. The second kappa shape index (κ2) is 8.54. The summed E-state index contributed by atoms with van der Waals surface area (Å²) in [6, 6.07) is 22.1. The van der Waals surface area contributed by atoms with Crippen LogP contribution in [0.2, 0.25) is 0 Å². The summed E-state index contributed by atoms with van der Waals surface area (Å²) in [5.74, 6) is 1.10. The van der Waals surface area contributed by atoms with Crippen molar-refractivity contribution in [3.63, 3.8) is 0 Å². The molecule has 24 heavy (non-hydrogen) atoms. The van der Waals surface area contributed by atoms with Crippen LogP contribution in [0.5, 0.6) is 5.75 Å². The molecule has 0 saturated heterocycles. The molecule has 0 saturated carbocycles. The molecule has 0 radical (unpaired) electrons. The fourth-order valence-corrected chi connectivity index (χ4v) is 2.53. The van der Waals surface area contributed by atoms with Crippen LogP contribution in [0.3, 0.4) is 0 Å². The van der Waals surface area contributed by atoms with Crippen LogP contribution in [0.15, 0.2) is 71.7 Å². The van der Waals surface area contributed by atoms with Gasteiger partial charge in [0, 0.05) is 0 Å². The highest BCUT2D eigenvalue weighted by molar-refractivity contribution is 14.0. The van der Waals surface area contributed by atoms with Crippen LogP contribution in [-0.2, 0) is 6.54 Å². The van der Waals surface area contributed by atoms with E-state index in [1.54, 1.807) is 7.11 Å². The summed E-state index contributed by atoms with van der Waals surface area (Å²) in [5.41, 5.74) is 7.95. The molecule has 3 aromatic rings. The van der Waals surface area contributed by atoms with Crippen molar-refractivity contribution in [1.29, 1.82) is 0 Å². The van der Waals surface area contributed by atoms with Crippen molar-refractivity contribution >= 4 is 46.4 Å². The number of anilines is 1. The number of benzene rings is 3. The fourth-order valence-electron chi connectivity index (χ4n) is 2.53. The molecule has 0 fully saturated rings. The molecule has 0 unspecified atom stereocenters. The number of aliphatic imine (C=N–C) groups is 1. The van der Waals surface area contributed by atoms with Crippen molar-refractivity contribution in [1.82, 2.24) is 0 Å². The summed E-state index contributed by atoms with van der Waals surface area (Å²) in [5, 5.41) is 5.49. The Balaban J connectivity index is 0.00000208. The van der Waals surface area contributed by atoms with E-state index in [1.807, 2.05) is 42.5 Å². The maximum Gasteiger partial charge on any atom is 0.193 e. The van der Waals surface area contributed by atoms with E-state index in [-0.39, 0.29) is 24.0 Å². The van der Waals surface area contributed by atoms with Crippen LogP contribution < -0.4 is 15.8 Å². The molecule has 3 aromatic carbocycles. The average molecular weight is 433 g/mol. The Hall–Kier alpha value is -2.28. The van der Waals surface area contributed by atoms with Crippen molar-refractivity contribution < 1.29 is 4.74 Å². The van der Waals surface area contributed by atoms with Crippen molar-refractivity contribution in [3.8, 4) is 5.75 Å². The third kappa shape index (κ3) is 4.17. The topological polar surface area (TPSA) is 59.6 Å². The smallest absolute Gasteiger partial charge is 0.193 e. The predicted octanol–water partition coefficient (Wildman–Crippen LogP) is 4.39. The van der Waals surface area contributed by atoms with E-state index < -0.39 is 0 Å². The molecule has 4 nitrogen and oxygen atoms in total. The Morgan fingerprint density at radius 1 is 1.00 bits per heavy atom. The van der Waals surface area contributed by atoms with Gasteiger partial charge >= 0.3 is 0 Å². The van der Waals surface area contributed by atoms with Gasteiger partial charge < -0.3 is 15.8 Å². The first-order valence-corrected chi connectivity index (χ1v) is 7.44. The highest BCUT2D eigenvalue weighted by Crippen LogP contribution is 2.23. The molecule has 0 aliphatic carbocycles. The molecule has 3 rings (SSSR count). The van der Waals surface area contributed by atoms with Gasteiger partial charge in [-0.15, -0.1) is 24.0 Å². The van der Waals surface area contributed by atoms with E-state index in [1.165, 1.54) is 10.8 Å². The van der Waals surface area contributed by atoms with Gasteiger partial charge in [-0.3, -0.25) is 0 Å². The van der Waals surface area contributed by atoms with Crippen LogP contribution in [0.25, 0.3) is 10.8 Å². The molecule has 124 valence electrons. The minimum atomic E-state index is 0. The number of para-hydroxylation sites is 2. The lowest BCUT2D eigenvalue weighted by Gasteiger charge is -2.10. The summed E-state index contributed by atoms with van der Waals surface area (Å²) in [6.07, 6.45) is 0. The predicted molar refractivity (Wildman–Crippen MR) is 111 cm³/mol. The van der Waals surface area contributed by atoms with Gasteiger partial charge in [-0.05, 0) is 28.5 Å². The summed E-state index contributed by atoms with van der Waals surface area (Å²) in [6.45, 7) is 0.523. The van der Waals surface area contributed by atoms with Gasteiger partial charge in [-0.1, -0.05) is 54.6 Å². The number of nitrogens with one attached hydrogen (secondary N) is 1. The highest BCUT2D eigenvalue weighted by Gasteiger charge is 2.03. The first kappa shape index (κ1) is 18.1. The molecular formula is C19H20IN3O. The normalized spacial score (nSPS) is 11.0. The molecule has 0 heterocycles. The number of hydrogen-bond donors (Lipinski definition) is 2. The average Bonchev–Trinajstić information content (AvgIpc) is 2.60. The first-order valence-electron chi connectivity index (χ1n) is 7.44.